The normalized spacial score (nSPS) is 9.92. The highest BCUT2D eigenvalue weighted by Crippen LogP contribution is 2.23. The molecular weight excluding hydrogens is 300 g/mol. The van der Waals surface area contributed by atoms with E-state index in [9.17, 15) is 9.59 Å². The van der Waals surface area contributed by atoms with Gasteiger partial charge in [0.25, 0.3) is 11.8 Å². The number of amides is 2. The maximum Gasteiger partial charge on any atom is 0.250 e. The number of carbonyl (C=O) groups excluding carboxylic acids is 2. The summed E-state index contributed by atoms with van der Waals surface area (Å²) in [4.78, 5) is 23.2. The van der Waals surface area contributed by atoms with Crippen LogP contribution in [-0.2, 0) is 9.59 Å². The molecule has 4 nitrogen and oxygen atoms in total. The van der Waals surface area contributed by atoms with Gasteiger partial charge in [-0.15, -0.1) is 0 Å². The van der Waals surface area contributed by atoms with E-state index in [1.165, 1.54) is 0 Å². The molecule has 0 fully saturated rings. The van der Waals surface area contributed by atoms with Gasteiger partial charge in [-0.25, -0.2) is 0 Å². The summed E-state index contributed by atoms with van der Waals surface area (Å²) in [5.41, 5.74) is 4.40. The van der Waals surface area contributed by atoms with Crippen molar-refractivity contribution < 1.29 is 9.59 Å². The van der Waals surface area contributed by atoms with E-state index in [2.05, 4.69) is 23.8 Å². The van der Waals surface area contributed by atoms with Crippen LogP contribution in [0.3, 0.4) is 0 Å². The van der Waals surface area contributed by atoms with Gasteiger partial charge in [-0.1, -0.05) is 37.4 Å². The van der Waals surface area contributed by atoms with Gasteiger partial charge in [0, 0.05) is 22.5 Å². The van der Waals surface area contributed by atoms with Gasteiger partial charge in [-0.2, -0.15) is 0 Å². The van der Waals surface area contributed by atoms with Crippen molar-refractivity contribution in [3.63, 3.8) is 0 Å². The molecule has 0 aliphatic heterocycles. The van der Waals surface area contributed by atoms with Crippen molar-refractivity contribution in [3.05, 3.63) is 72.8 Å². The molecule has 0 saturated carbocycles. The fourth-order valence-corrected chi connectivity index (χ4v) is 1.97. The summed E-state index contributed by atoms with van der Waals surface area (Å²) in [7, 11) is 0. The van der Waals surface area contributed by atoms with Gasteiger partial charge < -0.3 is 10.6 Å². The second kappa shape index (κ2) is 7.42. The van der Waals surface area contributed by atoms with Crippen molar-refractivity contribution in [2.75, 3.05) is 10.6 Å². The van der Waals surface area contributed by atoms with Crippen molar-refractivity contribution in [1.82, 2.24) is 0 Å². The fourth-order valence-electron chi connectivity index (χ4n) is 1.97. The van der Waals surface area contributed by atoms with E-state index in [1.807, 2.05) is 48.5 Å². The van der Waals surface area contributed by atoms with E-state index in [0.29, 0.717) is 11.1 Å². The fraction of sp³-hybridized carbons (Fsp3) is 0.100. The molecule has 2 rings (SSSR count). The number of carbonyl (C=O) groups is 2. The third-order valence-corrected chi connectivity index (χ3v) is 3.39. The van der Waals surface area contributed by atoms with Crippen LogP contribution in [0.15, 0.2) is 72.8 Å². The molecule has 24 heavy (non-hydrogen) atoms. The molecule has 4 heteroatoms. The first-order valence-electron chi connectivity index (χ1n) is 7.51. The van der Waals surface area contributed by atoms with Crippen molar-refractivity contribution in [2.24, 2.45) is 0 Å². The Hall–Kier alpha value is -3.14. The Kier molecular flexibility index (Phi) is 5.32. The predicted molar refractivity (Wildman–Crippen MR) is 98.8 cm³/mol. The summed E-state index contributed by atoms with van der Waals surface area (Å²) in [6, 6.07) is 15.1. The van der Waals surface area contributed by atoms with Crippen LogP contribution < -0.4 is 10.6 Å². The average molecular weight is 320 g/mol. The van der Waals surface area contributed by atoms with Gasteiger partial charge in [0.2, 0.25) is 0 Å². The highest BCUT2D eigenvalue weighted by molar-refractivity contribution is 6.03. The highest BCUT2D eigenvalue weighted by atomic mass is 16.2. The highest BCUT2D eigenvalue weighted by Gasteiger charge is 2.05. The quantitative estimate of drug-likeness (QED) is 0.803. The molecule has 0 aliphatic carbocycles. The minimum Gasteiger partial charge on any atom is -0.322 e. The van der Waals surface area contributed by atoms with E-state index in [4.69, 9.17) is 0 Å². The zero-order valence-electron chi connectivity index (χ0n) is 13.8. The summed E-state index contributed by atoms with van der Waals surface area (Å²) in [6.07, 6.45) is 0. The predicted octanol–water partition coefficient (Wildman–Crippen LogP) is 4.38. The molecule has 0 spiro atoms. The first kappa shape index (κ1) is 17.2. The molecular formula is C20H20N2O2. The molecule has 2 N–H and O–H groups in total. The number of hydrogen-bond donors (Lipinski definition) is 2. The minimum atomic E-state index is -0.194. The zero-order chi connectivity index (χ0) is 17.7. The summed E-state index contributed by atoms with van der Waals surface area (Å²) in [5, 5.41) is 5.53. The van der Waals surface area contributed by atoms with E-state index < -0.39 is 0 Å². The van der Waals surface area contributed by atoms with Crippen molar-refractivity contribution >= 4 is 23.2 Å². The van der Waals surface area contributed by atoms with Crippen LogP contribution >= 0.6 is 0 Å². The first-order chi connectivity index (χ1) is 11.4. The summed E-state index contributed by atoms with van der Waals surface area (Å²) >= 11 is 0. The lowest BCUT2D eigenvalue weighted by atomic mass is 10.0. The Morgan fingerprint density at radius 2 is 0.958 bits per heavy atom. The molecule has 0 heterocycles. The first-order valence-corrected chi connectivity index (χ1v) is 7.51. The van der Waals surface area contributed by atoms with E-state index >= 15 is 0 Å². The van der Waals surface area contributed by atoms with E-state index in [0.717, 1.165) is 22.5 Å². The Bertz CT molecular complexity index is 718. The monoisotopic (exact) mass is 320 g/mol. The van der Waals surface area contributed by atoms with Gasteiger partial charge >= 0.3 is 0 Å². The van der Waals surface area contributed by atoms with Crippen LogP contribution in [-0.4, -0.2) is 11.8 Å². The van der Waals surface area contributed by atoms with Crippen LogP contribution in [0, 0.1) is 0 Å². The largest absolute Gasteiger partial charge is 0.322 e. The van der Waals surface area contributed by atoms with Gasteiger partial charge in [0.05, 0.1) is 0 Å². The average Bonchev–Trinajstić information content (AvgIpc) is 2.56. The molecule has 2 amide bonds. The third-order valence-electron chi connectivity index (χ3n) is 3.39. The van der Waals surface area contributed by atoms with Gasteiger partial charge in [-0.3, -0.25) is 9.59 Å². The number of benzene rings is 2. The number of nitrogens with one attached hydrogen (secondary N) is 2. The molecule has 0 aromatic heterocycles. The molecule has 0 saturated heterocycles. The minimum absolute atomic E-state index is 0.194. The molecule has 0 radical (unpaired) electrons. The summed E-state index contributed by atoms with van der Waals surface area (Å²) in [6.45, 7) is 10.5. The Morgan fingerprint density at radius 1 is 0.667 bits per heavy atom. The molecule has 122 valence electrons. The maximum absolute atomic E-state index is 11.6. The maximum atomic E-state index is 11.6. The van der Waals surface area contributed by atoms with Crippen LogP contribution in [0.1, 0.15) is 13.8 Å². The van der Waals surface area contributed by atoms with Crippen LogP contribution in [0.2, 0.25) is 0 Å². The van der Waals surface area contributed by atoms with Crippen molar-refractivity contribution in [1.29, 1.82) is 0 Å². The SMILES string of the molecule is C=C(C)C(=O)Nc1ccc(-c2ccc(NC(=O)C(=C)C)cc2)cc1. The van der Waals surface area contributed by atoms with Crippen molar-refractivity contribution in [2.45, 2.75) is 13.8 Å². The van der Waals surface area contributed by atoms with E-state index in [1.54, 1.807) is 13.8 Å². The van der Waals surface area contributed by atoms with E-state index in [-0.39, 0.29) is 11.8 Å². The number of rotatable bonds is 5. The summed E-state index contributed by atoms with van der Waals surface area (Å²) < 4.78 is 0. The van der Waals surface area contributed by atoms with Gasteiger partial charge in [0.1, 0.15) is 0 Å². The Morgan fingerprint density at radius 3 is 1.21 bits per heavy atom. The number of anilines is 2. The lowest BCUT2D eigenvalue weighted by Gasteiger charge is -2.08. The van der Waals surface area contributed by atoms with Crippen LogP contribution in [0.5, 0.6) is 0 Å². The van der Waals surface area contributed by atoms with Crippen molar-refractivity contribution in [3.8, 4) is 11.1 Å². The lowest BCUT2D eigenvalue weighted by molar-refractivity contribution is -0.113. The smallest absolute Gasteiger partial charge is 0.250 e. The summed E-state index contributed by atoms with van der Waals surface area (Å²) in [5.74, 6) is -0.388. The molecule has 0 aliphatic rings. The molecule has 0 bridgehead atoms. The molecule has 2 aromatic carbocycles. The topological polar surface area (TPSA) is 58.2 Å². The standard InChI is InChI=1S/C20H20N2O2/c1-13(2)19(23)21-17-9-5-15(6-10-17)16-7-11-18(12-8-16)22-20(24)14(3)4/h5-12H,1,3H2,2,4H3,(H,21,23)(H,22,24). The molecule has 2 aromatic rings. The zero-order valence-corrected chi connectivity index (χ0v) is 13.8. The van der Waals surface area contributed by atoms with Crippen LogP contribution in [0.4, 0.5) is 11.4 Å². The third kappa shape index (κ3) is 4.43. The molecule has 0 unspecified atom stereocenters. The Labute approximate surface area is 141 Å². The van der Waals surface area contributed by atoms with Gasteiger partial charge in [0.15, 0.2) is 0 Å². The number of hydrogen-bond acceptors (Lipinski definition) is 2. The lowest BCUT2D eigenvalue weighted by Crippen LogP contribution is -2.11. The second-order valence-electron chi connectivity index (χ2n) is 5.62. The van der Waals surface area contributed by atoms with Crippen LogP contribution in [0.25, 0.3) is 11.1 Å². The van der Waals surface area contributed by atoms with Gasteiger partial charge in [-0.05, 0) is 49.2 Å². The Balaban J connectivity index is 2.09. The molecule has 0 atom stereocenters. The second-order valence-corrected chi connectivity index (χ2v) is 5.62.